The molecule has 12 heteroatoms. The Bertz CT molecular complexity index is 1210. The molecule has 2 aromatic rings. The first kappa shape index (κ1) is 22.9. The Balaban J connectivity index is 1.64. The predicted molar refractivity (Wildman–Crippen MR) is 117 cm³/mol. The summed E-state index contributed by atoms with van der Waals surface area (Å²) in [6.45, 7) is -1.23. The molecule has 0 spiro atoms. The first-order valence-electron chi connectivity index (χ1n) is 10.2. The fourth-order valence-corrected chi connectivity index (χ4v) is 6.34. The van der Waals surface area contributed by atoms with Crippen LogP contribution in [-0.4, -0.2) is 48.5 Å². The third-order valence-electron chi connectivity index (χ3n) is 6.11. The molecule has 4 rings (SSSR count). The first-order valence-corrected chi connectivity index (χ1v) is 11.7. The third kappa shape index (κ3) is 4.10. The lowest BCUT2D eigenvalue weighted by Gasteiger charge is -2.46. The van der Waals surface area contributed by atoms with Crippen molar-refractivity contribution in [2.75, 3.05) is 12.4 Å². The third-order valence-corrected chi connectivity index (χ3v) is 8.48. The number of alkyl halides is 2. The molecule has 2 aliphatic rings. The number of aromatic nitrogens is 1. The van der Waals surface area contributed by atoms with Crippen molar-refractivity contribution in [3.05, 3.63) is 53.3 Å². The maximum atomic E-state index is 13.1. The van der Waals surface area contributed by atoms with Crippen molar-refractivity contribution in [3.63, 3.8) is 0 Å². The molecule has 1 aromatic heterocycles. The van der Waals surface area contributed by atoms with Gasteiger partial charge in [-0.2, -0.15) is 8.78 Å². The van der Waals surface area contributed by atoms with Crippen LogP contribution in [0.3, 0.4) is 0 Å². The first-order chi connectivity index (χ1) is 15.5. The molecule has 1 saturated heterocycles. The number of guanidine groups is 1. The summed E-state index contributed by atoms with van der Waals surface area (Å²) < 4.78 is 55.9. The van der Waals surface area contributed by atoms with E-state index in [1.54, 1.807) is 19.1 Å². The van der Waals surface area contributed by atoms with Gasteiger partial charge in [-0.3, -0.25) is 10.2 Å². The standard InChI is InChI=1S/C21H23F2N5O4S/c1-21-15-10-13(26-18(29)16-9-8-14(11-25-16)32-19(22)23)7-6-12(15)4-3-5-17(21)33(30,31)28(2)20(24)27-21/h6-11,17,19H,3-5H2,1-2H3,(H2,24,27)(H,26,29)/t17?,21-/m1/s1. The number of rotatable bonds is 4. The Morgan fingerprint density at radius 2 is 2.12 bits per heavy atom. The van der Waals surface area contributed by atoms with E-state index in [9.17, 15) is 22.0 Å². The van der Waals surface area contributed by atoms with Gasteiger partial charge in [0.25, 0.3) is 5.91 Å². The summed E-state index contributed by atoms with van der Waals surface area (Å²) in [5.41, 5.74) is 0.988. The largest absolute Gasteiger partial charge is 0.433 e. The second-order valence-electron chi connectivity index (χ2n) is 8.15. The van der Waals surface area contributed by atoms with Crippen LogP contribution < -0.4 is 15.4 Å². The molecule has 176 valence electrons. The molecule has 0 bridgehead atoms. The molecule has 1 aromatic carbocycles. The summed E-state index contributed by atoms with van der Waals surface area (Å²) in [5, 5.41) is 13.1. The van der Waals surface area contributed by atoms with Crippen molar-refractivity contribution < 1.29 is 26.7 Å². The van der Waals surface area contributed by atoms with Gasteiger partial charge in [-0.25, -0.2) is 17.7 Å². The van der Waals surface area contributed by atoms with Crippen LogP contribution in [0.4, 0.5) is 14.5 Å². The lowest BCUT2D eigenvalue weighted by molar-refractivity contribution is -0.0500. The van der Waals surface area contributed by atoms with E-state index in [-0.39, 0.29) is 17.4 Å². The van der Waals surface area contributed by atoms with Gasteiger partial charge in [-0.1, -0.05) is 6.07 Å². The van der Waals surface area contributed by atoms with E-state index in [0.717, 1.165) is 16.1 Å². The maximum Gasteiger partial charge on any atom is 0.387 e. The lowest BCUT2D eigenvalue weighted by Crippen LogP contribution is -2.65. The number of sulfonamides is 1. The molecular formula is C21H23F2N5O4S. The minimum Gasteiger partial charge on any atom is -0.433 e. The molecule has 0 radical (unpaired) electrons. The van der Waals surface area contributed by atoms with Gasteiger partial charge >= 0.3 is 6.61 Å². The number of pyridine rings is 1. The smallest absolute Gasteiger partial charge is 0.387 e. The van der Waals surface area contributed by atoms with Crippen molar-refractivity contribution in [2.45, 2.75) is 43.6 Å². The average Bonchev–Trinajstić information content (AvgIpc) is 2.89. The maximum absolute atomic E-state index is 13.1. The molecule has 2 atom stereocenters. The van der Waals surface area contributed by atoms with Crippen molar-refractivity contribution in [1.82, 2.24) is 14.6 Å². The number of benzene rings is 1. The highest BCUT2D eigenvalue weighted by Crippen LogP contribution is 2.42. The number of nitrogens with one attached hydrogen (secondary N) is 3. The van der Waals surface area contributed by atoms with Gasteiger partial charge in [0, 0.05) is 12.7 Å². The SMILES string of the molecule is CN1C(=N)N[C@]2(C)c3cc(NC(=O)c4ccc(OC(F)F)cn4)ccc3CCCC2S1(=O)=O. The molecule has 9 nitrogen and oxygen atoms in total. The van der Waals surface area contributed by atoms with Gasteiger partial charge in [-0.15, -0.1) is 0 Å². The second kappa shape index (κ2) is 8.25. The van der Waals surface area contributed by atoms with Crippen LogP contribution in [0.25, 0.3) is 0 Å². The van der Waals surface area contributed by atoms with Crippen LogP contribution in [0.1, 0.15) is 41.4 Å². The van der Waals surface area contributed by atoms with Crippen molar-refractivity contribution in [2.24, 2.45) is 0 Å². The number of anilines is 1. The zero-order valence-electron chi connectivity index (χ0n) is 17.9. The summed E-state index contributed by atoms with van der Waals surface area (Å²) >= 11 is 0. The highest BCUT2D eigenvalue weighted by molar-refractivity contribution is 7.90. The number of amides is 1. The van der Waals surface area contributed by atoms with E-state index in [4.69, 9.17) is 5.41 Å². The van der Waals surface area contributed by atoms with Gasteiger partial charge in [0.15, 0.2) is 0 Å². The molecule has 1 amide bonds. The number of aryl methyl sites for hydroxylation is 1. The predicted octanol–water partition coefficient (Wildman–Crippen LogP) is 2.65. The highest BCUT2D eigenvalue weighted by atomic mass is 32.2. The summed E-state index contributed by atoms with van der Waals surface area (Å²) in [6.07, 6.45) is 2.79. The molecule has 33 heavy (non-hydrogen) atoms. The minimum absolute atomic E-state index is 0.00239. The number of carbonyl (C=O) groups is 1. The summed E-state index contributed by atoms with van der Waals surface area (Å²) in [4.78, 5) is 16.5. The number of ether oxygens (including phenoxy) is 1. The molecule has 0 saturated carbocycles. The molecule has 1 aliphatic carbocycles. The van der Waals surface area contributed by atoms with Crippen LogP contribution in [0.5, 0.6) is 5.75 Å². The summed E-state index contributed by atoms with van der Waals surface area (Å²) in [5.74, 6) is -0.945. The Labute approximate surface area is 189 Å². The average molecular weight is 480 g/mol. The molecule has 1 fully saturated rings. The summed E-state index contributed by atoms with van der Waals surface area (Å²) in [7, 11) is -2.39. The Morgan fingerprint density at radius 1 is 1.36 bits per heavy atom. The van der Waals surface area contributed by atoms with Gasteiger partial charge in [0.2, 0.25) is 16.0 Å². The monoisotopic (exact) mass is 479 g/mol. The molecule has 3 N–H and O–H groups in total. The van der Waals surface area contributed by atoms with E-state index < -0.39 is 33.3 Å². The van der Waals surface area contributed by atoms with Crippen molar-refractivity contribution in [3.8, 4) is 5.75 Å². The van der Waals surface area contributed by atoms with Crippen LogP contribution in [0.15, 0.2) is 36.5 Å². The number of halogens is 2. The van der Waals surface area contributed by atoms with Gasteiger partial charge in [-0.05, 0) is 61.6 Å². The normalized spacial score (nSPS) is 23.7. The second-order valence-corrected chi connectivity index (χ2v) is 10.3. The van der Waals surface area contributed by atoms with E-state index in [0.29, 0.717) is 30.5 Å². The number of hydrogen-bond donors (Lipinski definition) is 3. The highest BCUT2D eigenvalue weighted by Gasteiger charge is 2.52. The molecule has 2 heterocycles. The summed E-state index contributed by atoms with van der Waals surface area (Å²) in [6, 6.07) is 7.74. The zero-order valence-corrected chi connectivity index (χ0v) is 18.7. The Kier molecular flexibility index (Phi) is 5.72. The van der Waals surface area contributed by atoms with Gasteiger partial charge in [0.1, 0.15) is 16.7 Å². The Hall–Kier alpha value is -3.28. The van der Waals surface area contributed by atoms with Crippen molar-refractivity contribution in [1.29, 1.82) is 5.41 Å². The van der Waals surface area contributed by atoms with Crippen LogP contribution in [0.2, 0.25) is 0 Å². The topological polar surface area (TPSA) is 124 Å². The fraction of sp³-hybridized carbons (Fsp3) is 0.381. The zero-order chi connectivity index (χ0) is 24.0. The minimum atomic E-state index is -3.74. The fourth-order valence-electron chi connectivity index (χ4n) is 4.42. The van der Waals surface area contributed by atoms with Crippen LogP contribution in [-0.2, 0) is 22.0 Å². The number of nitrogens with zero attached hydrogens (tertiary/aromatic N) is 2. The van der Waals surface area contributed by atoms with E-state index in [1.165, 1.54) is 19.2 Å². The number of carbonyl (C=O) groups excluding carboxylic acids is 1. The number of hydrogen-bond acceptors (Lipinski definition) is 6. The van der Waals surface area contributed by atoms with E-state index in [2.05, 4.69) is 20.4 Å². The quantitative estimate of drug-likeness (QED) is 0.619. The molecule has 1 unspecified atom stereocenters. The van der Waals surface area contributed by atoms with Gasteiger partial charge < -0.3 is 15.4 Å². The number of fused-ring (bicyclic) bond motifs is 3. The molecule has 1 aliphatic heterocycles. The lowest BCUT2D eigenvalue weighted by atomic mass is 9.85. The Morgan fingerprint density at radius 3 is 2.79 bits per heavy atom. The van der Waals surface area contributed by atoms with E-state index in [1.807, 2.05) is 6.07 Å². The van der Waals surface area contributed by atoms with Gasteiger partial charge in [0.05, 0.1) is 11.7 Å². The molecular weight excluding hydrogens is 456 g/mol. The van der Waals surface area contributed by atoms with Crippen molar-refractivity contribution >= 4 is 27.6 Å². The van der Waals surface area contributed by atoms with E-state index >= 15 is 0 Å². The van der Waals surface area contributed by atoms with Crippen LogP contribution >= 0.6 is 0 Å². The van der Waals surface area contributed by atoms with Crippen LogP contribution in [0, 0.1) is 5.41 Å².